The number of hydrogen-bond donors (Lipinski definition) is 0. The van der Waals surface area contributed by atoms with Gasteiger partial charge in [-0.2, -0.15) is 5.26 Å². The molecule has 0 radical (unpaired) electrons. The van der Waals surface area contributed by atoms with Gasteiger partial charge in [0.2, 0.25) is 5.88 Å². The lowest BCUT2D eigenvalue weighted by molar-refractivity contribution is 0.542. The van der Waals surface area contributed by atoms with Gasteiger partial charge in [0.15, 0.2) is 0 Å². The van der Waals surface area contributed by atoms with Crippen molar-refractivity contribution in [1.29, 1.82) is 5.26 Å². The zero-order chi connectivity index (χ0) is 13.1. The van der Waals surface area contributed by atoms with E-state index in [0.717, 1.165) is 21.4 Å². The molecule has 0 atom stereocenters. The average molecular weight is 303 g/mol. The maximum atomic E-state index is 9.06. The smallest absolute Gasteiger partial charge is 0.237 e. The number of nitrogens with zero attached hydrogens (tertiary/aromatic N) is 2. The van der Waals surface area contributed by atoms with Gasteiger partial charge in [0, 0.05) is 16.3 Å². The average Bonchev–Trinajstić information content (AvgIpc) is 2.62. The third-order valence-corrected chi connectivity index (χ3v) is 3.15. The Kier molecular flexibility index (Phi) is 3.63. The summed E-state index contributed by atoms with van der Waals surface area (Å²) in [5, 5.41) is 9.06. The molecule has 1 aromatic heterocycles. The van der Waals surface area contributed by atoms with E-state index in [9.17, 15) is 0 Å². The summed E-state index contributed by atoms with van der Waals surface area (Å²) in [6, 6.07) is 9.86. The van der Waals surface area contributed by atoms with Crippen LogP contribution in [-0.4, -0.2) is 6.21 Å². The molecule has 0 amide bonds. The van der Waals surface area contributed by atoms with Gasteiger partial charge in [0.05, 0.1) is 0 Å². The fourth-order valence-corrected chi connectivity index (χ4v) is 1.97. The second kappa shape index (κ2) is 5.19. The minimum atomic E-state index is 0.368. The fourth-order valence-electron chi connectivity index (χ4n) is 1.55. The Balaban J connectivity index is 2.35. The molecule has 0 aliphatic rings. The predicted octanol–water partition coefficient (Wildman–Crippen LogP) is 4.28. The van der Waals surface area contributed by atoms with Gasteiger partial charge >= 0.3 is 0 Å². The third-order valence-electron chi connectivity index (χ3n) is 2.66. The Hall–Kier alpha value is -1.86. The minimum Gasteiger partial charge on any atom is -0.442 e. The fraction of sp³-hybridized carbons (Fsp3) is 0.143. The van der Waals surface area contributed by atoms with E-state index in [1.807, 2.05) is 38.1 Å². The van der Waals surface area contributed by atoms with Crippen LogP contribution in [0.2, 0.25) is 0 Å². The van der Waals surface area contributed by atoms with Crippen LogP contribution in [0.15, 0.2) is 38.1 Å². The molecule has 90 valence electrons. The Morgan fingerprint density at radius 3 is 2.83 bits per heavy atom. The number of nitriles is 1. The van der Waals surface area contributed by atoms with E-state index in [2.05, 4.69) is 27.0 Å². The molecule has 2 rings (SSSR count). The summed E-state index contributed by atoms with van der Waals surface area (Å²) in [7, 11) is 0. The molecule has 3 nitrogen and oxygen atoms in total. The highest BCUT2D eigenvalue weighted by Gasteiger charge is 2.12. The second-order valence-corrected chi connectivity index (χ2v) is 4.80. The van der Waals surface area contributed by atoms with Gasteiger partial charge in [-0.1, -0.05) is 28.1 Å². The quantitative estimate of drug-likeness (QED) is 0.777. The van der Waals surface area contributed by atoms with E-state index in [1.165, 1.54) is 0 Å². The van der Waals surface area contributed by atoms with E-state index in [-0.39, 0.29) is 0 Å². The lowest BCUT2D eigenvalue weighted by Crippen LogP contribution is -1.80. The Morgan fingerprint density at radius 1 is 1.39 bits per heavy atom. The number of hydrogen-bond acceptors (Lipinski definition) is 3. The number of benzene rings is 1. The molecule has 0 fully saturated rings. The van der Waals surface area contributed by atoms with Gasteiger partial charge in [0.1, 0.15) is 17.4 Å². The van der Waals surface area contributed by atoms with E-state index in [4.69, 9.17) is 9.68 Å². The van der Waals surface area contributed by atoms with E-state index >= 15 is 0 Å². The largest absolute Gasteiger partial charge is 0.442 e. The van der Waals surface area contributed by atoms with Crippen molar-refractivity contribution in [2.24, 2.45) is 4.99 Å². The molecule has 0 aliphatic carbocycles. The van der Waals surface area contributed by atoms with Crippen LogP contribution in [0.1, 0.15) is 22.5 Å². The Bertz CT molecular complexity index is 650. The minimum absolute atomic E-state index is 0.368. The summed E-state index contributed by atoms with van der Waals surface area (Å²) in [6.07, 6.45) is 1.68. The van der Waals surface area contributed by atoms with E-state index in [1.54, 1.807) is 6.21 Å². The van der Waals surface area contributed by atoms with Crippen LogP contribution < -0.4 is 0 Å². The van der Waals surface area contributed by atoms with Gasteiger partial charge in [-0.25, -0.2) is 4.99 Å². The molecule has 0 bridgehead atoms. The van der Waals surface area contributed by atoms with Crippen molar-refractivity contribution in [2.45, 2.75) is 13.8 Å². The van der Waals surface area contributed by atoms with Crippen LogP contribution in [0, 0.1) is 25.2 Å². The first-order valence-electron chi connectivity index (χ1n) is 5.41. The summed E-state index contributed by atoms with van der Waals surface area (Å²) >= 11 is 3.39. The van der Waals surface area contributed by atoms with Crippen molar-refractivity contribution >= 4 is 28.0 Å². The van der Waals surface area contributed by atoms with Crippen molar-refractivity contribution < 1.29 is 4.42 Å². The summed E-state index contributed by atoms with van der Waals surface area (Å²) in [5.41, 5.74) is 2.29. The molecule has 0 spiro atoms. The molecule has 0 N–H and O–H groups in total. The lowest BCUT2D eigenvalue weighted by atomic mass is 10.2. The van der Waals surface area contributed by atoms with Crippen LogP contribution in [0.4, 0.5) is 5.88 Å². The molecule has 0 unspecified atom stereocenters. The standard InChI is InChI=1S/C14H11BrN2O/c1-9-10(2)18-14(13(9)7-16)17-8-11-4-3-5-12(15)6-11/h3-6,8H,1-2H3. The Labute approximate surface area is 114 Å². The van der Waals surface area contributed by atoms with E-state index < -0.39 is 0 Å². The van der Waals surface area contributed by atoms with Gasteiger partial charge in [-0.15, -0.1) is 0 Å². The number of aryl methyl sites for hydroxylation is 1. The summed E-state index contributed by atoms with van der Waals surface area (Å²) in [4.78, 5) is 4.24. The van der Waals surface area contributed by atoms with Gasteiger partial charge < -0.3 is 4.42 Å². The predicted molar refractivity (Wildman–Crippen MR) is 74.3 cm³/mol. The van der Waals surface area contributed by atoms with Crippen molar-refractivity contribution in [3.63, 3.8) is 0 Å². The zero-order valence-corrected chi connectivity index (χ0v) is 11.7. The van der Waals surface area contributed by atoms with Crippen LogP contribution in [0.5, 0.6) is 0 Å². The topological polar surface area (TPSA) is 49.3 Å². The molecule has 1 aromatic carbocycles. The highest BCUT2D eigenvalue weighted by Crippen LogP contribution is 2.27. The van der Waals surface area contributed by atoms with Crippen molar-refractivity contribution in [1.82, 2.24) is 0 Å². The summed E-state index contributed by atoms with van der Waals surface area (Å²) in [6.45, 7) is 3.68. The molecule has 18 heavy (non-hydrogen) atoms. The van der Waals surface area contributed by atoms with Crippen LogP contribution in [-0.2, 0) is 0 Å². The lowest BCUT2D eigenvalue weighted by Gasteiger charge is -1.93. The first-order valence-corrected chi connectivity index (χ1v) is 6.21. The second-order valence-electron chi connectivity index (χ2n) is 3.89. The molecule has 2 aromatic rings. The normalized spacial score (nSPS) is 10.8. The van der Waals surface area contributed by atoms with Gasteiger partial charge in [-0.3, -0.25) is 0 Å². The SMILES string of the molecule is Cc1oc(N=Cc2cccc(Br)c2)c(C#N)c1C. The van der Waals surface area contributed by atoms with Gasteiger partial charge in [-0.05, 0) is 31.5 Å². The van der Waals surface area contributed by atoms with Crippen molar-refractivity contribution in [2.75, 3.05) is 0 Å². The molecule has 0 saturated carbocycles. The first-order chi connectivity index (χ1) is 8.61. The molecule has 4 heteroatoms. The summed E-state index contributed by atoms with van der Waals surface area (Å²) < 4.78 is 6.44. The monoisotopic (exact) mass is 302 g/mol. The van der Waals surface area contributed by atoms with Crippen LogP contribution >= 0.6 is 15.9 Å². The number of furan rings is 1. The molecular formula is C14H11BrN2O. The van der Waals surface area contributed by atoms with Crippen LogP contribution in [0.3, 0.4) is 0 Å². The maximum absolute atomic E-state index is 9.06. The zero-order valence-electron chi connectivity index (χ0n) is 10.1. The number of rotatable bonds is 2. The highest BCUT2D eigenvalue weighted by atomic mass is 79.9. The molecular weight excluding hydrogens is 292 g/mol. The molecule has 1 heterocycles. The maximum Gasteiger partial charge on any atom is 0.237 e. The number of aliphatic imine (C=N–C) groups is 1. The molecule has 0 aliphatic heterocycles. The molecule has 0 saturated heterocycles. The highest BCUT2D eigenvalue weighted by molar-refractivity contribution is 9.10. The van der Waals surface area contributed by atoms with Crippen molar-refractivity contribution in [3.8, 4) is 6.07 Å². The number of halogens is 1. The van der Waals surface area contributed by atoms with Crippen LogP contribution in [0.25, 0.3) is 0 Å². The van der Waals surface area contributed by atoms with E-state index in [0.29, 0.717) is 11.4 Å². The first kappa shape index (κ1) is 12.6. The van der Waals surface area contributed by atoms with Crippen molar-refractivity contribution in [3.05, 3.63) is 51.2 Å². The Morgan fingerprint density at radius 2 is 2.17 bits per heavy atom. The van der Waals surface area contributed by atoms with Gasteiger partial charge in [0.25, 0.3) is 0 Å². The third kappa shape index (κ3) is 2.52. The summed E-state index contributed by atoms with van der Waals surface area (Å²) in [5.74, 6) is 1.10.